The van der Waals surface area contributed by atoms with E-state index in [1.807, 2.05) is 13.8 Å². The van der Waals surface area contributed by atoms with Crippen molar-refractivity contribution in [3.05, 3.63) is 0 Å². The molecule has 31 heavy (non-hydrogen) atoms. The van der Waals surface area contributed by atoms with Crippen LogP contribution >= 0.6 is 12.6 Å². The predicted molar refractivity (Wildman–Crippen MR) is 116 cm³/mol. The van der Waals surface area contributed by atoms with Crippen LogP contribution in [-0.2, 0) is 24.0 Å². The highest BCUT2D eigenvalue weighted by Gasteiger charge is 2.33. The molecule has 7 N–H and O–H groups in total. The van der Waals surface area contributed by atoms with E-state index in [1.165, 1.54) is 0 Å². The first-order valence-electron chi connectivity index (χ1n) is 10.1. The van der Waals surface area contributed by atoms with Crippen LogP contribution < -0.4 is 21.7 Å². The Bertz CT molecular complexity index is 659. The predicted octanol–water partition coefficient (Wildman–Crippen LogP) is -0.651. The number of hydrogen-bond donors (Lipinski definition) is 7. The Hall–Kier alpha value is -2.34. The number of aliphatic carboxylic acids is 2. The molecule has 0 saturated carbocycles. The molecule has 0 saturated heterocycles. The van der Waals surface area contributed by atoms with Crippen molar-refractivity contribution in [1.82, 2.24) is 16.0 Å². The first-order chi connectivity index (χ1) is 14.3. The number of carboxylic acids is 2. The third-order valence-corrected chi connectivity index (χ3v) is 5.06. The van der Waals surface area contributed by atoms with Crippen LogP contribution in [0.15, 0.2) is 0 Å². The second-order valence-electron chi connectivity index (χ2n) is 7.85. The summed E-state index contributed by atoms with van der Waals surface area (Å²) in [5.74, 6) is -5.34. The zero-order chi connectivity index (χ0) is 24.3. The van der Waals surface area contributed by atoms with Crippen molar-refractivity contribution >= 4 is 42.3 Å². The van der Waals surface area contributed by atoms with Crippen LogP contribution in [0.1, 0.15) is 47.0 Å². The maximum atomic E-state index is 12.8. The van der Waals surface area contributed by atoms with Crippen LogP contribution in [0.4, 0.5) is 0 Å². The van der Waals surface area contributed by atoms with Gasteiger partial charge in [-0.25, -0.2) is 4.79 Å². The van der Waals surface area contributed by atoms with Crippen molar-refractivity contribution in [3.8, 4) is 0 Å². The molecule has 0 fully saturated rings. The third kappa shape index (κ3) is 10.5. The largest absolute Gasteiger partial charge is 0.481 e. The van der Waals surface area contributed by atoms with Gasteiger partial charge >= 0.3 is 11.9 Å². The molecule has 5 unspecified atom stereocenters. The summed E-state index contributed by atoms with van der Waals surface area (Å²) in [6.45, 7) is 7.01. The van der Waals surface area contributed by atoms with Crippen molar-refractivity contribution < 1.29 is 34.2 Å². The van der Waals surface area contributed by atoms with Gasteiger partial charge in [0.05, 0.1) is 12.5 Å². The standard InChI is InChI=1S/C19H34N4O7S/c1-5-10(4)15(19(29)30)23-18(28)13(7-14(24)25)22-17(27)12(6-9(2)3)21-16(26)11(20)8-31/h9-13,15,31H,5-8,20H2,1-4H3,(H,21,26)(H,22,27)(H,23,28)(H,24,25)(H,29,30). The smallest absolute Gasteiger partial charge is 0.326 e. The number of carboxylic acid groups (broad SMARTS) is 2. The maximum absolute atomic E-state index is 12.8. The summed E-state index contributed by atoms with van der Waals surface area (Å²) in [6.07, 6.45) is -0.0904. The van der Waals surface area contributed by atoms with E-state index < -0.39 is 66.2 Å². The van der Waals surface area contributed by atoms with E-state index in [1.54, 1.807) is 13.8 Å². The van der Waals surface area contributed by atoms with Gasteiger partial charge in [0.2, 0.25) is 17.7 Å². The number of hydrogen-bond acceptors (Lipinski definition) is 7. The monoisotopic (exact) mass is 462 g/mol. The highest BCUT2D eigenvalue weighted by Crippen LogP contribution is 2.10. The van der Waals surface area contributed by atoms with Crippen LogP contribution in [-0.4, -0.2) is 69.8 Å². The number of thiol groups is 1. The second-order valence-corrected chi connectivity index (χ2v) is 8.21. The fraction of sp³-hybridized carbons (Fsp3) is 0.737. The molecule has 0 aromatic heterocycles. The SMILES string of the molecule is CCC(C)C(NC(=O)C(CC(=O)O)NC(=O)C(CC(C)C)NC(=O)C(N)CS)C(=O)O. The molecule has 5 atom stereocenters. The van der Waals surface area contributed by atoms with Gasteiger partial charge in [-0.2, -0.15) is 12.6 Å². The number of carbonyl (C=O) groups excluding carboxylic acids is 3. The second kappa shape index (κ2) is 13.9. The molecule has 11 nitrogen and oxygen atoms in total. The molecule has 0 bridgehead atoms. The van der Waals surface area contributed by atoms with E-state index in [2.05, 4.69) is 28.6 Å². The van der Waals surface area contributed by atoms with Crippen molar-refractivity contribution in [1.29, 1.82) is 0 Å². The van der Waals surface area contributed by atoms with Gasteiger partial charge in [-0.15, -0.1) is 0 Å². The van der Waals surface area contributed by atoms with Crippen LogP contribution in [0.25, 0.3) is 0 Å². The molecule has 0 aliphatic heterocycles. The molecular weight excluding hydrogens is 428 g/mol. The lowest BCUT2D eigenvalue weighted by molar-refractivity contribution is -0.144. The Morgan fingerprint density at radius 2 is 1.42 bits per heavy atom. The normalized spacial score (nSPS) is 15.8. The van der Waals surface area contributed by atoms with Crippen LogP contribution in [0.2, 0.25) is 0 Å². The summed E-state index contributed by atoms with van der Waals surface area (Å²) in [4.78, 5) is 60.1. The number of nitrogens with two attached hydrogens (primary N) is 1. The first kappa shape index (κ1) is 28.7. The number of amides is 3. The van der Waals surface area contributed by atoms with Gasteiger partial charge in [-0.1, -0.05) is 34.1 Å². The first-order valence-corrected chi connectivity index (χ1v) is 10.7. The van der Waals surface area contributed by atoms with E-state index in [0.29, 0.717) is 6.42 Å². The van der Waals surface area contributed by atoms with Crippen molar-refractivity contribution in [3.63, 3.8) is 0 Å². The quantitative estimate of drug-likeness (QED) is 0.166. The molecule has 0 heterocycles. The highest BCUT2D eigenvalue weighted by molar-refractivity contribution is 7.80. The summed E-state index contributed by atoms with van der Waals surface area (Å²) < 4.78 is 0. The molecule has 0 aromatic rings. The molecule has 0 aliphatic rings. The van der Waals surface area contributed by atoms with Crippen molar-refractivity contribution in [2.75, 3.05) is 5.75 Å². The van der Waals surface area contributed by atoms with Gasteiger partial charge in [0.15, 0.2) is 0 Å². The summed E-state index contributed by atoms with van der Waals surface area (Å²) in [5.41, 5.74) is 5.62. The minimum absolute atomic E-state index is 0.0168. The Labute approximate surface area is 187 Å². The fourth-order valence-electron chi connectivity index (χ4n) is 2.66. The minimum Gasteiger partial charge on any atom is -0.481 e. The van der Waals surface area contributed by atoms with Gasteiger partial charge < -0.3 is 31.9 Å². The van der Waals surface area contributed by atoms with E-state index in [4.69, 9.17) is 10.8 Å². The fourth-order valence-corrected chi connectivity index (χ4v) is 2.82. The molecule has 0 radical (unpaired) electrons. The van der Waals surface area contributed by atoms with Crippen LogP contribution in [0.3, 0.4) is 0 Å². The third-order valence-electron chi connectivity index (χ3n) is 4.66. The van der Waals surface area contributed by atoms with Crippen LogP contribution in [0.5, 0.6) is 0 Å². The van der Waals surface area contributed by atoms with Crippen molar-refractivity contribution in [2.24, 2.45) is 17.6 Å². The minimum atomic E-state index is -1.53. The zero-order valence-corrected chi connectivity index (χ0v) is 19.1. The molecular formula is C19H34N4O7S. The van der Waals surface area contributed by atoms with Gasteiger partial charge in [0, 0.05) is 5.75 Å². The lowest BCUT2D eigenvalue weighted by Gasteiger charge is -2.26. The summed E-state index contributed by atoms with van der Waals surface area (Å²) in [7, 11) is 0. The highest BCUT2D eigenvalue weighted by atomic mass is 32.1. The van der Waals surface area contributed by atoms with Gasteiger partial charge in [-0.05, 0) is 18.3 Å². The van der Waals surface area contributed by atoms with Crippen LogP contribution in [0, 0.1) is 11.8 Å². The Balaban J connectivity index is 5.54. The summed E-state index contributed by atoms with van der Waals surface area (Å²) in [6, 6.07) is -4.78. The molecule has 178 valence electrons. The molecule has 0 rings (SSSR count). The molecule has 0 aliphatic carbocycles. The van der Waals surface area contributed by atoms with Gasteiger partial charge in [-0.3, -0.25) is 19.2 Å². The van der Waals surface area contributed by atoms with E-state index in [9.17, 15) is 29.1 Å². The summed E-state index contributed by atoms with van der Waals surface area (Å²) in [5, 5.41) is 25.6. The maximum Gasteiger partial charge on any atom is 0.326 e. The average Bonchev–Trinajstić information content (AvgIpc) is 2.68. The molecule has 3 amide bonds. The Morgan fingerprint density at radius 1 is 0.903 bits per heavy atom. The number of rotatable bonds is 14. The molecule has 0 aromatic carbocycles. The molecule has 0 spiro atoms. The van der Waals surface area contributed by atoms with E-state index >= 15 is 0 Å². The topological polar surface area (TPSA) is 188 Å². The van der Waals surface area contributed by atoms with Crippen molar-refractivity contribution in [2.45, 2.75) is 71.1 Å². The lowest BCUT2D eigenvalue weighted by atomic mass is 9.98. The Morgan fingerprint density at radius 3 is 1.84 bits per heavy atom. The van der Waals surface area contributed by atoms with Gasteiger partial charge in [0.1, 0.15) is 18.1 Å². The van der Waals surface area contributed by atoms with E-state index in [-0.39, 0.29) is 18.1 Å². The molecule has 12 heteroatoms. The Kier molecular flexibility index (Phi) is 12.8. The lowest BCUT2D eigenvalue weighted by Crippen LogP contribution is -2.58. The average molecular weight is 463 g/mol. The van der Waals surface area contributed by atoms with E-state index in [0.717, 1.165) is 0 Å². The number of nitrogens with one attached hydrogen (secondary N) is 3. The number of carbonyl (C=O) groups is 5. The summed E-state index contributed by atoms with van der Waals surface area (Å²) >= 11 is 3.94. The van der Waals surface area contributed by atoms with Gasteiger partial charge in [0.25, 0.3) is 0 Å². The zero-order valence-electron chi connectivity index (χ0n) is 18.3.